The Morgan fingerprint density at radius 2 is 2.05 bits per heavy atom. The molecule has 0 aliphatic rings. The standard InChI is InChI=1S/C15H11BrN2OS/c16-10-8-13(17-9-10)15(19)18-12-5-2-1-4-11(12)14-6-3-7-20-14/h1-9,17H,(H,18,19). The number of hydrogen-bond donors (Lipinski definition) is 2. The molecule has 0 radical (unpaired) electrons. The van der Waals surface area contributed by atoms with E-state index in [0.717, 1.165) is 20.6 Å². The highest BCUT2D eigenvalue weighted by Crippen LogP contribution is 2.31. The van der Waals surface area contributed by atoms with E-state index in [4.69, 9.17) is 0 Å². The second kappa shape index (κ2) is 5.64. The summed E-state index contributed by atoms with van der Waals surface area (Å²) < 4.78 is 0.856. The van der Waals surface area contributed by atoms with E-state index in [-0.39, 0.29) is 5.91 Å². The number of nitrogens with one attached hydrogen (secondary N) is 2. The Kier molecular flexibility index (Phi) is 3.71. The van der Waals surface area contributed by atoms with Gasteiger partial charge < -0.3 is 10.3 Å². The van der Waals surface area contributed by atoms with Gasteiger partial charge in [0.25, 0.3) is 5.91 Å². The van der Waals surface area contributed by atoms with Crippen LogP contribution in [-0.2, 0) is 0 Å². The van der Waals surface area contributed by atoms with Crippen LogP contribution in [0.4, 0.5) is 5.69 Å². The first-order valence-electron chi connectivity index (χ1n) is 6.02. The zero-order chi connectivity index (χ0) is 13.9. The van der Waals surface area contributed by atoms with E-state index < -0.39 is 0 Å². The molecule has 3 aromatic rings. The molecule has 2 heterocycles. The zero-order valence-electron chi connectivity index (χ0n) is 10.4. The van der Waals surface area contributed by atoms with Gasteiger partial charge in [-0.15, -0.1) is 11.3 Å². The van der Waals surface area contributed by atoms with Crippen molar-refractivity contribution in [2.24, 2.45) is 0 Å². The van der Waals surface area contributed by atoms with Crippen LogP contribution in [-0.4, -0.2) is 10.9 Å². The maximum absolute atomic E-state index is 12.2. The highest BCUT2D eigenvalue weighted by molar-refractivity contribution is 9.10. The smallest absolute Gasteiger partial charge is 0.272 e. The minimum atomic E-state index is -0.153. The summed E-state index contributed by atoms with van der Waals surface area (Å²) in [7, 11) is 0. The van der Waals surface area contributed by atoms with Gasteiger partial charge in [0, 0.05) is 26.8 Å². The Bertz CT molecular complexity index is 734. The number of halogens is 1. The van der Waals surface area contributed by atoms with Crippen LogP contribution in [0.1, 0.15) is 10.5 Å². The number of hydrogen-bond acceptors (Lipinski definition) is 2. The average Bonchev–Trinajstić information content (AvgIpc) is 3.10. The van der Waals surface area contributed by atoms with Crippen molar-refractivity contribution in [2.75, 3.05) is 5.32 Å². The molecule has 1 aromatic carbocycles. The van der Waals surface area contributed by atoms with E-state index in [1.807, 2.05) is 41.8 Å². The zero-order valence-corrected chi connectivity index (χ0v) is 12.8. The molecule has 3 rings (SSSR count). The molecule has 2 aromatic heterocycles. The van der Waals surface area contributed by atoms with Gasteiger partial charge in [0.05, 0.1) is 0 Å². The number of para-hydroxylation sites is 1. The quantitative estimate of drug-likeness (QED) is 0.705. The van der Waals surface area contributed by atoms with Gasteiger partial charge in [0.2, 0.25) is 0 Å². The lowest BCUT2D eigenvalue weighted by atomic mass is 10.1. The van der Waals surface area contributed by atoms with Crippen molar-refractivity contribution < 1.29 is 4.79 Å². The Hall–Kier alpha value is -1.85. The van der Waals surface area contributed by atoms with Gasteiger partial charge in [0.15, 0.2) is 0 Å². The Balaban J connectivity index is 1.90. The first-order valence-corrected chi connectivity index (χ1v) is 7.69. The van der Waals surface area contributed by atoms with Crippen molar-refractivity contribution in [1.82, 2.24) is 4.98 Å². The van der Waals surface area contributed by atoms with Gasteiger partial charge in [-0.2, -0.15) is 0 Å². The van der Waals surface area contributed by atoms with E-state index in [1.54, 1.807) is 23.6 Å². The molecule has 5 heteroatoms. The van der Waals surface area contributed by atoms with Crippen LogP contribution in [0, 0.1) is 0 Å². The molecule has 2 N–H and O–H groups in total. The molecule has 0 fully saturated rings. The molecule has 100 valence electrons. The summed E-state index contributed by atoms with van der Waals surface area (Å²) in [6.07, 6.45) is 1.74. The lowest BCUT2D eigenvalue weighted by Gasteiger charge is -2.09. The summed E-state index contributed by atoms with van der Waals surface area (Å²) in [5, 5.41) is 4.97. The molecule has 0 saturated heterocycles. The number of rotatable bonds is 3. The number of thiophene rings is 1. The topological polar surface area (TPSA) is 44.9 Å². The van der Waals surface area contributed by atoms with Crippen molar-refractivity contribution >= 4 is 38.9 Å². The van der Waals surface area contributed by atoms with E-state index in [2.05, 4.69) is 26.2 Å². The summed E-state index contributed by atoms with van der Waals surface area (Å²) in [6, 6.07) is 13.6. The SMILES string of the molecule is O=C(Nc1ccccc1-c1cccs1)c1cc(Br)c[nH]1. The number of carbonyl (C=O) groups excluding carboxylic acids is 1. The van der Waals surface area contributed by atoms with Crippen molar-refractivity contribution in [2.45, 2.75) is 0 Å². The molecule has 0 aliphatic carbocycles. The minimum absolute atomic E-state index is 0.153. The first-order chi connectivity index (χ1) is 9.74. The summed E-state index contributed by atoms with van der Waals surface area (Å²) in [4.78, 5) is 16.2. The van der Waals surface area contributed by atoms with Gasteiger partial charge in [-0.25, -0.2) is 0 Å². The van der Waals surface area contributed by atoms with E-state index in [1.165, 1.54) is 0 Å². The molecule has 1 amide bonds. The maximum Gasteiger partial charge on any atom is 0.272 e. The van der Waals surface area contributed by atoms with E-state index >= 15 is 0 Å². The van der Waals surface area contributed by atoms with E-state index in [0.29, 0.717) is 5.69 Å². The lowest BCUT2D eigenvalue weighted by molar-refractivity contribution is 0.102. The van der Waals surface area contributed by atoms with Crippen molar-refractivity contribution in [1.29, 1.82) is 0 Å². The third-order valence-electron chi connectivity index (χ3n) is 2.85. The second-order valence-electron chi connectivity index (χ2n) is 4.21. The van der Waals surface area contributed by atoms with Crippen LogP contribution >= 0.6 is 27.3 Å². The number of amides is 1. The van der Waals surface area contributed by atoms with Gasteiger partial charge in [-0.05, 0) is 39.5 Å². The summed E-state index contributed by atoms with van der Waals surface area (Å²) in [5.41, 5.74) is 2.37. The van der Waals surface area contributed by atoms with Gasteiger partial charge in [-0.3, -0.25) is 4.79 Å². The van der Waals surface area contributed by atoms with Gasteiger partial charge in [-0.1, -0.05) is 24.3 Å². The Labute approximate surface area is 128 Å². The Morgan fingerprint density at radius 3 is 2.75 bits per heavy atom. The molecule has 3 nitrogen and oxygen atoms in total. The van der Waals surface area contributed by atoms with Crippen molar-refractivity contribution in [3.8, 4) is 10.4 Å². The molecule has 0 unspecified atom stereocenters. The van der Waals surface area contributed by atoms with Crippen LogP contribution in [0.15, 0.2) is 58.5 Å². The molecule has 0 bridgehead atoms. The number of benzene rings is 1. The van der Waals surface area contributed by atoms with Gasteiger partial charge >= 0.3 is 0 Å². The molecular weight excluding hydrogens is 336 g/mol. The second-order valence-corrected chi connectivity index (χ2v) is 6.07. The summed E-state index contributed by atoms with van der Waals surface area (Å²) in [6.45, 7) is 0. The first kappa shape index (κ1) is 13.1. The van der Waals surface area contributed by atoms with Crippen molar-refractivity contribution in [3.63, 3.8) is 0 Å². The Morgan fingerprint density at radius 1 is 1.20 bits per heavy atom. The third-order valence-corrected chi connectivity index (χ3v) is 4.22. The number of aromatic amines is 1. The molecule has 0 saturated carbocycles. The fourth-order valence-corrected chi connectivity index (χ4v) is 3.04. The molecular formula is C15H11BrN2OS. The average molecular weight is 347 g/mol. The largest absolute Gasteiger partial charge is 0.356 e. The maximum atomic E-state index is 12.2. The molecule has 0 spiro atoms. The highest BCUT2D eigenvalue weighted by Gasteiger charge is 2.11. The third kappa shape index (κ3) is 2.69. The van der Waals surface area contributed by atoms with E-state index in [9.17, 15) is 4.79 Å². The lowest BCUT2D eigenvalue weighted by Crippen LogP contribution is -2.12. The number of anilines is 1. The fourth-order valence-electron chi connectivity index (χ4n) is 1.93. The molecule has 0 atom stereocenters. The number of carbonyl (C=O) groups is 1. The van der Waals surface area contributed by atoms with Crippen molar-refractivity contribution in [3.05, 3.63) is 64.2 Å². The summed E-state index contributed by atoms with van der Waals surface area (Å²) in [5.74, 6) is -0.153. The normalized spacial score (nSPS) is 10.4. The van der Waals surface area contributed by atoms with Crippen LogP contribution in [0.3, 0.4) is 0 Å². The predicted molar refractivity (Wildman–Crippen MR) is 86.2 cm³/mol. The van der Waals surface area contributed by atoms with Crippen LogP contribution < -0.4 is 5.32 Å². The van der Waals surface area contributed by atoms with Crippen LogP contribution in [0.5, 0.6) is 0 Å². The van der Waals surface area contributed by atoms with Crippen LogP contribution in [0.25, 0.3) is 10.4 Å². The van der Waals surface area contributed by atoms with Gasteiger partial charge in [0.1, 0.15) is 5.69 Å². The fraction of sp³-hybridized carbons (Fsp3) is 0. The minimum Gasteiger partial charge on any atom is -0.356 e. The monoisotopic (exact) mass is 346 g/mol. The number of aromatic nitrogens is 1. The highest BCUT2D eigenvalue weighted by atomic mass is 79.9. The molecule has 0 aliphatic heterocycles. The summed E-state index contributed by atoms with van der Waals surface area (Å²) >= 11 is 4.97. The number of H-pyrrole nitrogens is 1. The molecule has 20 heavy (non-hydrogen) atoms. The predicted octanol–water partition coefficient (Wildman–Crippen LogP) is 4.76. The van der Waals surface area contributed by atoms with Crippen LogP contribution in [0.2, 0.25) is 0 Å².